The fourth-order valence-corrected chi connectivity index (χ4v) is 7.70. The van der Waals surface area contributed by atoms with Crippen LogP contribution in [0.4, 0.5) is 22.7 Å². The van der Waals surface area contributed by atoms with Crippen LogP contribution in [-0.4, -0.2) is 0 Å². The van der Waals surface area contributed by atoms with Crippen LogP contribution in [0.1, 0.15) is 38.3 Å². The average Bonchev–Trinajstić information content (AvgIpc) is 3.40. The molecule has 0 saturated carbocycles. The molecule has 0 aromatic heterocycles. The summed E-state index contributed by atoms with van der Waals surface area (Å²) in [6.45, 7) is 4.81. The van der Waals surface area contributed by atoms with Crippen molar-refractivity contribution in [2.75, 3.05) is 9.80 Å². The lowest BCUT2D eigenvalue weighted by atomic mass is 9.75. The summed E-state index contributed by atoms with van der Waals surface area (Å²) in [7, 11) is 0. The maximum atomic E-state index is 2.62. The number of benzene rings is 6. The summed E-state index contributed by atoms with van der Waals surface area (Å²) in [4.78, 5) is 4.98. The van der Waals surface area contributed by atoms with Gasteiger partial charge in [-0.2, -0.15) is 0 Å². The Hall–Kier alpha value is -5.60. The first-order valence-electron chi connectivity index (χ1n) is 17.0. The minimum Gasteiger partial charge on any atom is -0.336 e. The second-order valence-corrected chi connectivity index (χ2v) is 13.4. The molecule has 0 spiro atoms. The van der Waals surface area contributed by atoms with Gasteiger partial charge in [-0.15, -0.1) is 0 Å². The van der Waals surface area contributed by atoms with Crippen LogP contribution < -0.4 is 9.80 Å². The molecule has 6 aromatic rings. The van der Waals surface area contributed by atoms with E-state index < -0.39 is 0 Å². The van der Waals surface area contributed by atoms with Gasteiger partial charge in [0.05, 0.1) is 6.04 Å². The Morgan fingerprint density at radius 2 is 0.958 bits per heavy atom. The van der Waals surface area contributed by atoms with Crippen LogP contribution in [0.15, 0.2) is 187 Å². The van der Waals surface area contributed by atoms with Gasteiger partial charge in [0.1, 0.15) is 0 Å². The molecule has 2 nitrogen and oxygen atoms in total. The van der Waals surface area contributed by atoms with Crippen LogP contribution in [-0.2, 0) is 0 Å². The Morgan fingerprint density at radius 3 is 1.46 bits per heavy atom. The van der Waals surface area contributed by atoms with Gasteiger partial charge in [-0.05, 0) is 94.8 Å². The molecule has 234 valence electrons. The Morgan fingerprint density at radius 1 is 0.521 bits per heavy atom. The summed E-state index contributed by atoms with van der Waals surface area (Å²) in [5.74, 6) is 0. The van der Waals surface area contributed by atoms with Gasteiger partial charge in [0, 0.05) is 33.9 Å². The van der Waals surface area contributed by atoms with Crippen molar-refractivity contribution < 1.29 is 0 Å². The molecule has 0 saturated heterocycles. The van der Waals surface area contributed by atoms with E-state index >= 15 is 0 Å². The molecule has 1 aliphatic carbocycles. The molecular weight excluding hydrogens is 581 g/mol. The molecule has 1 unspecified atom stereocenters. The molecule has 8 rings (SSSR count). The highest BCUT2D eigenvalue weighted by Crippen LogP contribution is 2.56. The Kier molecular flexibility index (Phi) is 7.78. The molecule has 2 aliphatic rings. The third kappa shape index (κ3) is 5.44. The Bertz CT molecular complexity index is 1970. The molecule has 1 atom stereocenters. The van der Waals surface area contributed by atoms with Gasteiger partial charge in [-0.1, -0.05) is 141 Å². The van der Waals surface area contributed by atoms with Crippen LogP contribution in [0.3, 0.4) is 0 Å². The van der Waals surface area contributed by atoms with E-state index in [9.17, 15) is 0 Å². The van der Waals surface area contributed by atoms with Crippen LogP contribution in [0.25, 0.3) is 22.3 Å². The van der Waals surface area contributed by atoms with E-state index in [1.165, 1.54) is 44.8 Å². The third-order valence-electron chi connectivity index (χ3n) is 10.0. The van der Waals surface area contributed by atoms with E-state index in [4.69, 9.17) is 0 Å². The average molecular weight is 621 g/mol. The molecule has 1 aliphatic heterocycles. The van der Waals surface area contributed by atoms with Gasteiger partial charge < -0.3 is 9.80 Å². The van der Waals surface area contributed by atoms with E-state index in [2.05, 4.69) is 200 Å². The minimum atomic E-state index is -0.0146. The van der Waals surface area contributed by atoms with Gasteiger partial charge in [0.15, 0.2) is 0 Å². The van der Waals surface area contributed by atoms with Crippen molar-refractivity contribution >= 4 is 22.7 Å². The van der Waals surface area contributed by atoms with E-state index in [-0.39, 0.29) is 11.5 Å². The van der Waals surface area contributed by atoms with E-state index in [0.717, 1.165) is 29.9 Å². The van der Waals surface area contributed by atoms with Gasteiger partial charge in [-0.25, -0.2) is 0 Å². The highest BCUT2D eigenvalue weighted by molar-refractivity contribution is 5.81. The zero-order valence-corrected chi connectivity index (χ0v) is 27.6. The van der Waals surface area contributed by atoms with Crippen LogP contribution in [0.2, 0.25) is 0 Å². The van der Waals surface area contributed by atoms with Crippen LogP contribution in [0, 0.1) is 5.41 Å². The minimum absolute atomic E-state index is 0.0146. The number of anilines is 4. The van der Waals surface area contributed by atoms with E-state index in [1.54, 1.807) is 0 Å². The summed E-state index contributed by atoms with van der Waals surface area (Å²) in [5, 5.41) is 0. The lowest BCUT2D eigenvalue weighted by Crippen LogP contribution is -2.31. The molecule has 0 bridgehead atoms. The molecule has 2 heteroatoms. The number of rotatable bonds is 7. The largest absolute Gasteiger partial charge is 0.336 e. The third-order valence-corrected chi connectivity index (χ3v) is 10.0. The van der Waals surface area contributed by atoms with Crippen molar-refractivity contribution in [2.24, 2.45) is 5.41 Å². The summed E-state index contributed by atoms with van der Waals surface area (Å²) in [5.41, 5.74) is 13.7. The van der Waals surface area contributed by atoms with Gasteiger partial charge >= 0.3 is 0 Å². The first-order chi connectivity index (χ1) is 23.6. The zero-order chi connectivity index (χ0) is 32.5. The van der Waals surface area contributed by atoms with Crippen LogP contribution in [0.5, 0.6) is 0 Å². The van der Waals surface area contributed by atoms with Gasteiger partial charge in [-0.3, -0.25) is 0 Å². The Labute approximate surface area is 284 Å². The summed E-state index contributed by atoms with van der Waals surface area (Å²) in [6.07, 6.45) is 6.87. The number of hydrogen-bond acceptors (Lipinski definition) is 2. The molecule has 6 aromatic carbocycles. The number of allylic oxidation sites excluding steroid dienone is 3. The van der Waals surface area contributed by atoms with Crippen molar-refractivity contribution in [1.82, 2.24) is 0 Å². The summed E-state index contributed by atoms with van der Waals surface area (Å²) in [6, 6.07) is 59.5. The van der Waals surface area contributed by atoms with Gasteiger partial charge in [0.25, 0.3) is 0 Å². The quantitative estimate of drug-likeness (QED) is 0.175. The first-order valence-corrected chi connectivity index (χ1v) is 17.0. The Balaban J connectivity index is 1.19. The second kappa shape index (κ2) is 12.5. The van der Waals surface area contributed by atoms with E-state index in [1.807, 2.05) is 0 Å². The van der Waals surface area contributed by atoms with Crippen LogP contribution >= 0.6 is 0 Å². The molecule has 0 N–H and O–H groups in total. The normalized spacial score (nSPS) is 16.5. The zero-order valence-electron chi connectivity index (χ0n) is 27.6. The molecule has 0 amide bonds. The monoisotopic (exact) mass is 620 g/mol. The van der Waals surface area contributed by atoms with Crippen molar-refractivity contribution in [3.05, 3.63) is 193 Å². The molecule has 48 heavy (non-hydrogen) atoms. The fourth-order valence-electron chi connectivity index (χ4n) is 7.70. The summed E-state index contributed by atoms with van der Waals surface area (Å²) >= 11 is 0. The van der Waals surface area contributed by atoms with Crippen molar-refractivity contribution in [3.8, 4) is 22.3 Å². The maximum absolute atomic E-state index is 2.62. The lowest BCUT2D eigenvalue weighted by Gasteiger charge is -2.37. The lowest BCUT2D eigenvalue weighted by molar-refractivity contribution is 0.385. The molecule has 0 radical (unpaired) electrons. The standard InChI is InChI=1S/C46H40N2/c1-46(2)43-20-12-13-21-44(43)48(45(46)38-18-10-5-11-19-38)42-32-30-41(31-33-42)47(39-26-22-36(23-27-39)34-14-6-3-7-15-34)40-28-24-37(25-29-40)35-16-8-4-9-17-35/h3-12,14-20,22-33,45H,13,21H2,1-2H3. The number of hydrogen-bond donors (Lipinski definition) is 0. The predicted octanol–water partition coefficient (Wildman–Crippen LogP) is 12.7. The van der Waals surface area contributed by atoms with Crippen molar-refractivity contribution in [1.29, 1.82) is 0 Å². The fraction of sp³-hybridized carbons (Fsp3) is 0.130. The number of nitrogens with zero attached hydrogens (tertiary/aromatic N) is 2. The molecule has 1 heterocycles. The smallest absolute Gasteiger partial charge is 0.0680 e. The maximum Gasteiger partial charge on any atom is 0.0680 e. The van der Waals surface area contributed by atoms with Gasteiger partial charge in [0.2, 0.25) is 0 Å². The molecule has 0 fully saturated rings. The molecular formula is C46H40N2. The highest BCUT2D eigenvalue weighted by atomic mass is 15.2. The predicted molar refractivity (Wildman–Crippen MR) is 203 cm³/mol. The van der Waals surface area contributed by atoms with Crippen molar-refractivity contribution in [2.45, 2.75) is 32.7 Å². The van der Waals surface area contributed by atoms with E-state index in [0.29, 0.717) is 0 Å². The second-order valence-electron chi connectivity index (χ2n) is 13.4. The highest BCUT2D eigenvalue weighted by Gasteiger charge is 2.47. The SMILES string of the molecule is CC1(C)C2=C(CCC=C2)N(c2ccc(N(c3ccc(-c4ccccc4)cc3)c3ccc(-c4ccccc4)cc3)cc2)C1c1ccccc1. The topological polar surface area (TPSA) is 6.48 Å². The first kappa shape index (κ1) is 29.8. The van der Waals surface area contributed by atoms with Crippen molar-refractivity contribution in [3.63, 3.8) is 0 Å². The summed E-state index contributed by atoms with van der Waals surface area (Å²) < 4.78 is 0.